The Bertz CT molecular complexity index is 474. The minimum absolute atomic E-state index is 0. The molecule has 1 aliphatic rings. The summed E-state index contributed by atoms with van der Waals surface area (Å²) in [6.45, 7) is 4.22. The van der Waals surface area contributed by atoms with E-state index in [-0.39, 0.29) is 30.1 Å². The van der Waals surface area contributed by atoms with E-state index in [9.17, 15) is 0 Å². The predicted octanol–water partition coefficient (Wildman–Crippen LogP) is 2.08. The van der Waals surface area contributed by atoms with Crippen molar-refractivity contribution in [2.24, 2.45) is 4.99 Å². The zero-order valence-corrected chi connectivity index (χ0v) is 15.1. The Hall–Kier alpha value is -1.02. The van der Waals surface area contributed by atoms with Crippen molar-refractivity contribution >= 4 is 29.9 Å². The Morgan fingerprint density at radius 3 is 2.90 bits per heavy atom. The second kappa shape index (κ2) is 9.09. The van der Waals surface area contributed by atoms with Gasteiger partial charge < -0.3 is 20.1 Å². The zero-order chi connectivity index (χ0) is 14.4. The molecule has 0 bridgehead atoms. The third-order valence-electron chi connectivity index (χ3n) is 3.31. The van der Waals surface area contributed by atoms with Crippen LogP contribution in [0.3, 0.4) is 0 Å². The molecule has 2 N–H and O–H groups in total. The lowest BCUT2D eigenvalue weighted by Gasteiger charge is -2.17. The van der Waals surface area contributed by atoms with Crippen LogP contribution in [0.15, 0.2) is 23.2 Å². The lowest BCUT2D eigenvalue weighted by atomic mass is 10.1. The molecular formula is C15H24IN3O2. The second-order valence-corrected chi connectivity index (χ2v) is 4.89. The largest absolute Gasteiger partial charge is 0.488 e. The molecule has 1 aromatic rings. The number of nitrogens with zero attached hydrogens (tertiary/aromatic N) is 1. The van der Waals surface area contributed by atoms with Crippen LogP contribution in [0.4, 0.5) is 0 Å². The topological polar surface area (TPSA) is 54.9 Å². The van der Waals surface area contributed by atoms with Gasteiger partial charge in [0.05, 0.1) is 13.2 Å². The average Bonchev–Trinajstić information content (AvgIpc) is 2.95. The Labute approximate surface area is 143 Å². The lowest BCUT2D eigenvalue weighted by molar-refractivity contribution is 0.140. The van der Waals surface area contributed by atoms with Crippen molar-refractivity contribution < 1.29 is 9.47 Å². The quantitative estimate of drug-likeness (QED) is 0.458. The monoisotopic (exact) mass is 405 g/mol. The number of ether oxygens (including phenoxy) is 2. The summed E-state index contributed by atoms with van der Waals surface area (Å²) in [5, 5.41) is 6.25. The number of nitrogens with one attached hydrogen (secondary N) is 2. The summed E-state index contributed by atoms with van der Waals surface area (Å²) in [5.41, 5.74) is 2.32. The predicted molar refractivity (Wildman–Crippen MR) is 95.7 cm³/mol. The number of hydrogen-bond donors (Lipinski definition) is 2. The minimum Gasteiger partial charge on any atom is -0.488 e. The van der Waals surface area contributed by atoms with E-state index < -0.39 is 0 Å². The molecule has 0 spiro atoms. The molecule has 6 heteroatoms. The number of aliphatic imine (C=N–C) groups is 1. The number of aryl methyl sites for hydroxylation is 1. The molecule has 0 aromatic heterocycles. The molecule has 1 aliphatic heterocycles. The molecule has 5 nitrogen and oxygen atoms in total. The first-order valence-electron chi connectivity index (χ1n) is 6.95. The van der Waals surface area contributed by atoms with E-state index in [2.05, 4.69) is 40.7 Å². The van der Waals surface area contributed by atoms with Gasteiger partial charge in [-0.2, -0.15) is 0 Å². The molecule has 2 rings (SSSR count). The molecule has 0 aliphatic carbocycles. The summed E-state index contributed by atoms with van der Waals surface area (Å²) in [4.78, 5) is 4.11. The summed E-state index contributed by atoms with van der Waals surface area (Å²) < 4.78 is 11.4. The molecule has 1 atom stereocenters. The molecular weight excluding hydrogens is 381 g/mol. The normalized spacial score (nSPS) is 18.0. The fourth-order valence-electron chi connectivity index (χ4n) is 2.16. The molecule has 0 amide bonds. The fourth-order valence-corrected chi connectivity index (χ4v) is 2.16. The molecule has 21 heavy (non-hydrogen) atoms. The van der Waals surface area contributed by atoms with Crippen molar-refractivity contribution in [2.75, 3.05) is 27.3 Å². The van der Waals surface area contributed by atoms with Crippen LogP contribution in [0.25, 0.3) is 0 Å². The van der Waals surface area contributed by atoms with Gasteiger partial charge in [-0.3, -0.25) is 4.99 Å². The summed E-state index contributed by atoms with van der Waals surface area (Å²) >= 11 is 0. The lowest BCUT2D eigenvalue weighted by Crippen LogP contribution is -2.34. The second-order valence-electron chi connectivity index (χ2n) is 4.89. The maximum Gasteiger partial charge on any atom is 0.190 e. The number of rotatable bonds is 4. The highest BCUT2D eigenvalue weighted by atomic mass is 127. The van der Waals surface area contributed by atoms with E-state index in [4.69, 9.17) is 9.47 Å². The zero-order valence-electron chi connectivity index (χ0n) is 12.8. The molecule has 0 radical (unpaired) electrons. The highest BCUT2D eigenvalue weighted by Gasteiger charge is 2.18. The van der Waals surface area contributed by atoms with Crippen LogP contribution < -0.4 is 15.4 Å². The smallest absolute Gasteiger partial charge is 0.190 e. The van der Waals surface area contributed by atoms with E-state index in [1.807, 2.05) is 7.05 Å². The van der Waals surface area contributed by atoms with Gasteiger partial charge >= 0.3 is 0 Å². The standard InChI is InChI=1S/C15H23N3O2.HI/c1-11-4-5-12(9-18-15(16-2)17-3)14(8-11)20-13-6-7-19-10-13;/h4-5,8,13H,6-7,9-10H2,1-3H3,(H2,16,17,18);1H. The molecule has 1 aromatic carbocycles. The van der Waals surface area contributed by atoms with Gasteiger partial charge in [-0.1, -0.05) is 12.1 Å². The Kier molecular flexibility index (Phi) is 7.81. The van der Waals surface area contributed by atoms with Gasteiger partial charge in [-0.15, -0.1) is 24.0 Å². The third kappa shape index (κ3) is 5.35. The van der Waals surface area contributed by atoms with E-state index in [1.165, 1.54) is 5.56 Å². The van der Waals surface area contributed by atoms with Gasteiger partial charge in [0.1, 0.15) is 11.9 Å². The van der Waals surface area contributed by atoms with Crippen LogP contribution in [0.1, 0.15) is 17.5 Å². The summed E-state index contributed by atoms with van der Waals surface area (Å²) in [6, 6.07) is 6.27. The van der Waals surface area contributed by atoms with E-state index >= 15 is 0 Å². The summed E-state index contributed by atoms with van der Waals surface area (Å²) in [7, 11) is 3.60. The van der Waals surface area contributed by atoms with Crippen molar-refractivity contribution in [3.63, 3.8) is 0 Å². The third-order valence-corrected chi connectivity index (χ3v) is 3.31. The van der Waals surface area contributed by atoms with Crippen molar-refractivity contribution in [1.82, 2.24) is 10.6 Å². The average molecular weight is 405 g/mol. The number of halogens is 1. The molecule has 1 saturated heterocycles. The van der Waals surface area contributed by atoms with Gasteiger partial charge in [-0.25, -0.2) is 0 Å². The maximum absolute atomic E-state index is 6.06. The van der Waals surface area contributed by atoms with Crippen LogP contribution >= 0.6 is 24.0 Å². The highest BCUT2D eigenvalue weighted by Crippen LogP contribution is 2.23. The van der Waals surface area contributed by atoms with Crippen LogP contribution in [0.2, 0.25) is 0 Å². The van der Waals surface area contributed by atoms with Crippen LogP contribution in [0.5, 0.6) is 5.75 Å². The van der Waals surface area contributed by atoms with Crippen molar-refractivity contribution in [3.05, 3.63) is 29.3 Å². The Morgan fingerprint density at radius 2 is 2.29 bits per heavy atom. The molecule has 1 heterocycles. The SMILES string of the molecule is CN=C(NC)NCc1ccc(C)cc1OC1CCOC1.I. The maximum atomic E-state index is 6.06. The van der Waals surface area contributed by atoms with E-state index in [0.29, 0.717) is 13.2 Å². The van der Waals surface area contributed by atoms with Crippen LogP contribution in [0, 0.1) is 6.92 Å². The number of hydrogen-bond acceptors (Lipinski definition) is 3. The van der Waals surface area contributed by atoms with Gasteiger partial charge in [-0.05, 0) is 18.6 Å². The molecule has 118 valence electrons. The first-order chi connectivity index (χ1) is 9.72. The van der Waals surface area contributed by atoms with Crippen molar-refractivity contribution in [1.29, 1.82) is 0 Å². The number of benzene rings is 1. The molecule has 1 fully saturated rings. The van der Waals surface area contributed by atoms with E-state index in [0.717, 1.165) is 30.3 Å². The van der Waals surface area contributed by atoms with Gasteiger partial charge in [0.2, 0.25) is 0 Å². The van der Waals surface area contributed by atoms with Crippen molar-refractivity contribution in [2.45, 2.75) is 26.0 Å². The summed E-state index contributed by atoms with van der Waals surface area (Å²) in [5.74, 6) is 1.69. The van der Waals surface area contributed by atoms with E-state index in [1.54, 1.807) is 7.05 Å². The molecule has 1 unspecified atom stereocenters. The van der Waals surface area contributed by atoms with Gasteiger partial charge in [0.25, 0.3) is 0 Å². The Morgan fingerprint density at radius 1 is 1.48 bits per heavy atom. The van der Waals surface area contributed by atoms with Crippen LogP contribution in [-0.2, 0) is 11.3 Å². The first kappa shape index (κ1) is 18.0. The summed E-state index contributed by atoms with van der Waals surface area (Å²) in [6.07, 6.45) is 1.12. The minimum atomic E-state index is 0. The van der Waals surface area contributed by atoms with Crippen LogP contribution in [-0.4, -0.2) is 39.4 Å². The van der Waals surface area contributed by atoms with Gasteiger partial charge in [0.15, 0.2) is 5.96 Å². The highest BCUT2D eigenvalue weighted by molar-refractivity contribution is 14.0. The number of guanidine groups is 1. The molecule has 0 saturated carbocycles. The first-order valence-corrected chi connectivity index (χ1v) is 6.95. The van der Waals surface area contributed by atoms with Crippen molar-refractivity contribution in [3.8, 4) is 5.75 Å². The van der Waals surface area contributed by atoms with Gasteiger partial charge in [0, 0.05) is 32.6 Å². The Balaban J connectivity index is 0.00000220. The fraction of sp³-hybridized carbons (Fsp3) is 0.533.